The van der Waals surface area contributed by atoms with Crippen molar-refractivity contribution in [3.05, 3.63) is 65.2 Å². The summed E-state index contributed by atoms with van der Waals surface area (Å²) in [6.07, 6.45) is -4.46. The van der Waals surface area contributed by atoms with Crippen LogP contribution in [0.5, 0.6) is 5.88 Å². The maximum Gasteiger partial charge on any atom is 0.394 e. The van der Waals surface area contributed by atoms with Crippen molar-refractivity contribution in [2.24, 2.45) is 11.1 Å². The molecular weight excluding hydrogens is 521 g/mol. The lowest BCUT2D eigenvalue weighted by Gasteiger charge is -2.23. The van der Waals surface area contributed by atoms with Gasteiger partial charge in [0.2, 0.25) is 11.8 Å². The molecule has 1 aromatic heterocycles. The molecule has 0 saturated heterocycles. The number of carboxylic acid groups (broad SMARTS) is 1. The van der Waals surface area contributed by atoms with Gasteiger partial charge < -0.3 is 15.6 Å². The van der Waals surface area contributed by atoms with Gasteiger partial charge in [0.15, 0.2) is 11.0 Å². The molecule has 0 amide bonds. The third kappa shape index (κ3) is 6.13. The predicted octanol–water partition coefficient (Wildman–Crippen LogP) is 5.03. The van der Waals surface area contributed by atoms with Gasteiger partial charge in [0.05, 0.1) is 21.6 Å². The van der Waals surface area contributed by atoms with Crippen LogP contribution in [0.4, 0.5) is 19.1 Å². The van der Waals surface area contributed by atoms with Crippen molar-refractivity contribution in [2.45, 2.75) is 50.2 Å². The Labute approximate surface area is 220 Å². The molecule has 0 radical (unpaired) electrons. The summed E-state index contributed by atoms with van der Waals surface area (Å²) in [6.45, 7) is 3.59. The number of aryl methyl sites for hydroxylation is 2. The minimum absolute atomic E-state index is 0.0341. The number of nitrogens with one attached hydrogen (secondary N) is 1. The number of carbonyl (C=O) groups is 1. The molecule has 1 heterocycles. The summed E-state index contributed by atoms with van der Waals surface area (Å²) in [5.74, 6) is -1.19. The smallest absolute Gasteiger partial charge is 0.394 e. The van der Waals surface area contributed by atoms with E-state index in [0.29, 0.717) is 5.69 Å². The van der Waals surface area contributed by atoms with Crippen molar-refractivity contribution in [2.75, 3.05) is 11.3 Å². The van der Waals surface area contributed by atoms with Gasteiger partial charge in [0, 0.05) is 17.7 Å². The van der Waals surface area contributed by atoms with E-state index in [2.05, 4.69) is 14.7 Å². The molecule has 4 N–H and O–H groups in total. The average molecular weight is 549 g/mol. The zero-order chi connectivity index (χ0) is 27.7. The third-order valence-electron chi connectivity index (χ3n) is 6.47. The zero-order valence-corrected chi connectivity index (χ0v) is 21.5. The first kappa shape index (κ1) is 27.5. The van der Waals surface area contributed by atoms with Crippen molar-refractivity contribution in [3.8, 4) is 17.1 Å². The van der Waals surface area contributed by atoms with Gasteiger partial charge in [-0.05, 0) is 62.4 Å². The maximum absolute atomic E-state index is 13.3. The van der Waals surface area contributed by atoms with Gasteiger partial charge in [-0.25, -0.2) is 14.0 Å². The van der Waals surface area contributed by atoms with Crippen molar-refractivity contribution >= 4 is 22.9 Å². The average Bonchev–Trinajstić information content (AvgIpc) is 3.63. The van der Waals surface area contributed by atoms with Gasteiger partial charge in [0.1, 0.15) is 6.61 Å². The molecule has 2 unspecified atom stereocenters. The molecule has 1 saturated carbocycles. The van der Waals surface area contributed by atoms with Crippen LogP contribution in [0.1, 0.15) is 40.7 Å². The molecule has 2 atom stereocenters. The second-order valence-corrected chi connectivity index (χ2v) is 10.7. The fourth-order valence-electron chi connectivity index (χ4n) is 4.28. The number of aromatic carboxylic acids is 1. The van der Waals surface area contributed by atoms with Crippen LogP contribution in [-0.4, -0.2) is 44.1 Å². The molecule has 0 spiro atoms. The first-order chi connectivity index (χ1) is 17.9. The molecule has 1 aliphatic carbocycles. The monoisotopic (exact) mass is 548 g/mol. The molecule has 1 aliphatic rings. The lowest BCUT2D eigenvalue weighted by atomic mass is 9.97. The standard InChI is InChI=1S/C26H27F3N4O4S/c1-15-5-3-6-16(2)22(15)20-12-21(37-14-18(30)13-25(9-10-25)26(27,28)29)32-24(31-20)33-38(36)19-8-4-7-17(11-19)23(34)35/h3-8,11-12,18H,9-10,13-14,30H2,1-2H3,(H,34,35)(H,31,32,33). The van der Waals surface area contributed by atoms with Crippen LogP contribution >= 0.6 is 0 Å². The summed E-state index contributed by atoms with van der Waals surface area (Å²) >= 11 is 0. The summed E-state index contributed by atoms with van der Waals surface area (Å²) < 4.78 is 61.3. The molecule has 38 heavy (non-hydrogen) atoms. The van der Waals surface area contributed by atoms with Crippen molar-refractivity contribution in [1.29, 1.82) is 0 Å². The number of ether oxygens (including phenoxy) is 1. The minimum Gasteiger partial charge on any atom is -0.478 e. The Kier molecular flexibility index (Phi) is 7.75. The SMILES string of the molecule is Cc1cccc(C)c1-c1cc(OCC(N)CC2(C(F)(F)F)CC2)nc(NS(=O)c2cccc(C(=O)O)c2)n1. The van der Waals surface area contributed by atoms with Crippen LogP contribution in [0.25, 0.3) is 11.3 Å². The highest BCUT2D eigenvalue weighted by atomic mass is 32.2. The van der Waals surface area contributed by atoms with E-state index in [0.717, 1.165) is 16.7 Å². The van der Waals surface area contributed by atoms with E-state index in [9.17, 15) is 27.3 Å². The van der Waals surface area contributed by atoms with Gasteiger partial charge in [-0.3, -0.25) is 4.72 Å². The summed E-state index contributed by atoms with van der Waals surface area (Å²) in [7, 11) is -1.92. The Morgan fingerprint density at radius 1 is 1.16 bits per heavy atom. The van der Waals surface area contributed by atoms with Gasteiger partial charge in [-0.15, -0.1) is 0 Å². The summed E-state index contributed by atoms with van der Waals surface area (Å²) in [5.41, 5.74) is 7.27. The summed E-state index contributed by atoms with van der Waals surface area (Å²) in [4.78, 5) is 20.2. The van der Waals surface area contributed by atoms with E-state index in [1.165, 1.54) is 24.3 Å². The first-order valence-electron chi connectivity index (χ1n) is 11.8. The second-order valence-electron chi connectivity index (χ2n) is 9.44. The Balaban J connectivity index is 1.60. The number of nitrogens with two attached hydrogens (primary N) is 1. The quantitative estimate of drug-likeness (QED) is 0.324. The van der Waals surface area contributed by atoms with Crippen LogP contribution in [0, 0.1) is 19.3 Å². The largest absolute Gasteiger partial charge is 0.478 e. The number of anilines is 1. The molecule has 0 aliphatic heterocycles. The van der Waals surface area contributed by atoms with E-state index in [-0.39, 0.29) is 48.2 Å². The van der Waals surface area contributed by atoms with Crippen LogP contribution in [0.15, 0.2) is 53.4 Å². The van der Waals surface area contributed by atoms with Crippen molar-refractivity contribution < 1.29 is 32.0 Å². The van der Waals surface area contributed by atoms with Crippen LogP contribution in [0.2, 0.25) is 0 Å². The summed E-state index contributed by atoms with van der Waals surface area (Å²) in [5, 5.41) is 9.22. The number of alkyl halides is 3. The maximum atomic E-state index is 13.3. The van der Waals surface area contributed by atoms with Gasteiger partial charge in [-0.2, -0.15) is 18.2 Å². The van der Waals surface area contributed by atoms with E-state index in [1.54, 1.807) is 6.07 Å². The molecule has 12 heteroatoms. The van der Waals surface area contributed by atoms with Gasteiger partial charge >= 0.3 is 12.1 Å². The molecular formula is C26H27F3N4O4S. The molecule has 202 valence electrons. The van der Waals surface area contributed by atoms with Crippen molar-refractivity contribution in [3.63, 3.8) is 0 Å². The zero-order valence-electron chi connectivity index (χ0n) is 20.7. The molecule has 4 rings (SSSR count). The number of aromatic nitrogens is 2. The highest BCUT2D eigenvalue weighted by Gasteiger charge is 2.63. The molecule has 3 aromatic rings. The van der Waals surface area contributed by atoms with Crippen LogP contribution in [-0.2, 0) is 11.0 Å². The number of benzene rings is 2. The number of halogens is 3. The fraction of sp³-hybridized carbons (Fsp3) is 0.346. The van der Waals surface area contributed by atoms with Gasteiger partial charge in [0.25, 0.3) is 0 Å². The normalized spacial score (nSPS) is 15.9. The second kappa shape index (κ2) is 10.7. The van der Waals surface area contributed by atoms with E-state index in [4.69, 9.17) is 10.5 Å². The molecule has 1 fully saturated rings. The number of hydrogen-bond donors (Lipinski definition) is 3. The topological polar surface area (TPSA) is 127 Å². The molecule has 8 nitrogen and oxygen atoms in total. The predicted molar refractivity (Wildman–Crippen MR) is 136 cm³/mol. The van der Waals surface area contributed by atoms with Crippen molar-refractivity contribution in [1.82, 2.24) is 9.97 Å². The van der Waals surface area contributed by atoms with Gasteiger partial charge in [-0.1, -0.05) is 24.3 Å². The highest BCUT2D eigenvalue weighted by molar-refractivity contribution is 7.86. The Bertz CT molecular complexity index is 1360. The molecule has 0 bridgehead atoms. The molecule has 2 aromatic carbocycles. The number of rotatable bonds is 10. The number of carboxylic acids is 1. The Morgan fingerprint density at radius 3 is 2.42 bits per heavy atom. The number of hydrogen-bond acceptors (Lipinski definition) is 6. The van der Waals surface area contributed by atoms with E-state index >= 15 is 0 Å². The third-order valence-corrected chi connectivity index (χ3v) is 7.52. The Hall–Kier alpha value is -3.51. The fourth-order valence-corrected chi connectivity index (χ4v) is 5.10. The Morgan fingerprint density at radius 2 is 1.82 bits per heavy atom. The summed E-state index contributed by atoms with van der Waals surface area (Å²) in [6, 6.07) is 12.0. The van der Waals surface area contributed by atoms with E-state index < -0.39 is 34.6 Å². The lowest BCUT2D eigenvalue weighted by Crippen LogP contribution is -2.36. The minimum atomic E-state index is -4.31. The van der Waals surface area contributed by atoms with Crippen LogP contribution < -0.4 is 15.2 Å². The van der Waals surface area contributed by atoms with Crippen LogP contribution in [0.3, 0.4) is 0 Å². The van der Waals surface area contributed by atoms with E-state index in [1.807, 2.05) is 32.0 Å². The lowest BCUT2D eigenvalue weighted by molar-refractivity contribution is -0.190. The number of nitrogens with zero attached hydrogens (tertiary/aromatic N) is 2. The first-order valence-corrected chi connectivity index (χ1v) is 13.0. The highest BCUT2D eigenvalue weighted by Crippen LogP contribution is 2.60.